The molecule has 0 fully saturated rings. The molecule has 0 aliphatic rings. The Kier molecular flexibility index (Phi) is 6.01. The molecule has 3 aromatic rings. The molecule has 5 nitrogen and oxygen atoms in total. The number of carbonyl (C=O) groups excluding carboxylic acids is 1. The Morgan fingerprint density at radius 2 is 1.59 bits per heavy atom. The Morgan fingerprint density at radius 3 is 2.22 bits per heavy atom. The smallest absolute Gasteiger partial charge is 0.329 e. The average molecular weight is 386 g/mol. The number of para-hydroxylation sites is 2. The maximum absolute atomic E-state index is 12.8. The quantitative estimate of drug-likeness (QED) is 0.619. The Morgan fingerprint density at radius 1 is 1.00 bits per heavy atom. The molecule has 1 heterocycles. The van der Waals surface area contributed by atoms with Gasteiger partial charge in [-0.2, -0.15) is 0 Å². The first-order valence-corrected chi connectivity index (χ1v) is 9.56. The van der Waals surface area contributed by atoms with Gasteiger partial charge in [0.25, 0.3) is 0 Å². The molecule has 2 aromatic carbocycles. The lowest BCUT2D eigenvalue weighted by atomic mass is 10.2. The van der Waals surface area contributed by atoms with E-state index in [1.165, 1.54) is 0 Å². The SMILES string of the molecule is CCCn1c(=O)n(CCC(=O)N(C)Cc2ccccc2Cl)c2ccccc21. The highest BCUT2D eigenvalue weighted by molar-refractivity contribution is 6.31. The number of imidazole rings is 1. The number of aromatic nitrogens is 2. The summed E-state index contributed by atoms with van der Waals surface area (Å²) in [5.74, 6) is -0.0193. The van der Waals surface area contributed by atoms with Crippen molar-refractivity contribution in [1.82, 2.24) is 14.0 Å². The summed E-state index contributed by atoms with van der Waals surface area (Å²) in [7, 11) is 1.76. The molecule has 0 radical (unpaired) electrons. The molecule has 0 spiro atoms. The van der Waals surface area contributed by atoms with Crippen molar-refractivity contribution in [3.63, 3.8) is 0 Å². The van der Waals surface area contributed by atoms with Crippen LogP contribution in [0.4, 0.5) is 0 Å². The largest absolute Gasteiger partial charge is 0.341 e. The van der Waals surface area contributed by atoms with Gasteiger partial charge < -0.3 is 4.90 Å². The van der Waals surface area contributed by atoms with Crippen LogP contribution in [0.3, 0.4) is 0 Å². The number of carbonyl (C=O) groups is 1. The van der Waals surface area contributed by atoms with Crippen molar-refractivity contribution in [3.8, 4) is 0 Å². The van der Waals surface area contributed by atoms with Gasteiger partial charge in [0.2, 0.25) is 5.91 Å². The summed E-state index contributed by atoms with van der Waals surface area (Å²) >= 11 is 6.18. The molecule has 6 heteroatoms. The summed E-state index contributed by atoms with van der Waals surface area (Å²) in [4.78, 5) is 27.0. The van der Waals surface area contributed by atoms with Gasteiger partial charge in [0.05, 0.1) is 11.0 Å². The third kappa shape index (κ3) is 4.08. The molecule has 0 atom stereocenters. The van der Waals surface area contributed by atoms with Crippen molar-refractivity contribution in [3.05, 3.63) is 69.6 Å². The van der Waals surface area contributed by atoms with Gasteiger partial charge in [0, 0.05) is 38.1 Å². The van der Waals surface area contributed by atoms with E-state index in [1.807, 2.05) is 55.5 Å². The molecule has 0 N–H and O–H groups in total. The number of amides is 1. The first-order valence-electron chi connectivity index (χ1n) is 9.18. The van der Waals surface area contributed by atoms with E-state index in [2.05, 4.69) is 0 Å². The lowest BCUT2D eigenvalue weighted by Gasteiger charge is -2.18. The van der Waals surface area contributed by atoms with Gasteiger partial charge in [-0.25, -0.2) is 4.79 Å². The molecule has 3 rings (SSSR count). The van der Waals surface area contributed by atoms with Crippen molar-refractivity contribution in [1.29, 1.82) is 0 Å². The summed E-state index contributed by atoms with van der Waals surface area (Å²) < 4.78 is 3.49. The minimum Gasteiger partial charge on any atom is -0.341 e. The van der Waals surface area contributed by atoms with Crippen LogP contribution in [-0.4, -0.2) is 27.0 Å². The van der Waals surface area contributed by atoms with E-state index in [1.54, 1.807) is 21.1 Å². The molecule has 0 aliphatic carbocycles. The highest BCUT2D eigenvalue weighted by Crippen LogP contribution is 2.17. The first kappa shape index (κ1) is 19.2. The van der Waals surface area contributed by atoms with Gasteiger partial charge in [0.15, 0.2) is 0 Å². The second-order valence-corrected chi connectivity index (χ2v) is 7.07. The Labute approximate surface area is 163 Å². The molecule has 1 aromatic heterocycles. The monoisotopic (exact) mass is 385 g/mol. The average Bonchev–Trinajstić information content (AvgIpc) is 2.93. The molecular weight excluding hydrogens is 362 g/mol. The molecule has 0 saturated heterocycles. The molecule has 0 unspecified atom stereocenters. The van der Waals surface area contributed by atoms with Gasteiger partial charge in [-0.15, -0.1) is 0 Å². The van der Waals surface area contributed by atoms with E-state index >= 15 is 0 Å². The van der Waals surface area contributed by atoms with E-state index in [9.17, 15) is 9.59 Å². The van der Waals surface area contributed by atoms with Crippen LogP contribution in [-0.2, 0) is 24.4 Å². The molecule has 1 amide bonds. The maximum atomic E-state index is 12.8. The molecule has 0 saturated carbocycles. The summed E-state index contributed by atoms with van der Waals surface area (Å²) in [5, 5.41) is 0.649. The molecular formula is C21H24ClN3O2. The van der Waals surface area contributed by atoms with Crippen molar-refractivity contribution in [2.45, 2.75) is 39.4 Å². The number of rotatable bonds is 7. The van der Waals surface area contributed by atoms with Crippen LogP contribution in [0.5, 0.6) is 0 Å². The fraction of sp³-hybridized carbons (Fsp3) is 0.333. The third-order valence-corrected chi connectivity index (χ3v) is 5.08. The van der Waals surface area contributed by atoms with Crippen molar-refractivity contribution < 1.29 is 4.79 Å². The van der Waals surface area contributed by atoms with Crippen molar-refractivity contribution >= 4 is 28.5 Å². The fourth-order valence-electron chi connectivity index (χ4n) is 3.30. The second-order valence-electron chi connectivity index (χ2n) is 6.67. The van der Waals surface area contributed by atoms with Crippen LogP contribution in [0.25, 0.3) is 11.0 Å². The predicted octanol–water partition coefficient (Wildman–Crippen LogP) is 3.92. The predicted molar refractivity (Wildman–Crippen MR) is 109 cm³/mol. The summed E-state index contributed by atoms with van der Waals surface area (Å²) in [6.45, 7) is 3.53. The second kappa shape index (κ2) is 8.44. The standard InChI is InChI=1S/C21H24ClN3O2/c1-3-13-24-18-10-6-7-11-19(18)25(21(24)27)14-12-20(26)23(2)15-16-8-4-5-9-17(16)22/h4-11H,3,12-15H2,1-2H3. The summed E-state index contributed by atoms with van der Waals surface area (Å²) in [5.41, 5.74) is 2.64. The number of aryl methyl sites for hydroxylation is 2. The van der Waals surface area contributed by atoms with E-state index in [0.29, 0.717) is 24.7 Å². The normalized spacial score (nSPS) is 11.1. The first-order chi connectivity index (χ1) is 13.0. The Hall–Kier alpha value is -2.53. The fourth-order valence-corrected chi connectivity index (χ4v) is 3.49. The molecule has 142 valence electrons. The third-order valence-electron chi connectivity index (χ3n) is 4.71. The molecule has 0 bridgehead atoms. The number of nitrogens with zero attached hydrogens (tertiary/aromatic N) is 3. The van der Waals surface area contributed by atoms with E-state index < -0.39 is 0 Å². The zero-order valence-corrected chi connectivity index (χ0v) is 16.4. The maximum Gasteiger partial charge on any atom is 0.329 e. The van der Waals surface area contributed by atoms with Crippen molar-refractivity contribution in [2.24, 2.45) is 0 Å². The zero-order chi connectivity index (χ0) is 19.4. The van der Waals surface area contributed by atoms with Gasteiger partial charge in [-0.1, -0.05) is 48.9 Å². The summed E-state index contributed by atoms with van der Waals surface area (Å²) in [6, 6.07) is 15.2. The Balaban J connectivity index is 1.75. The van der Waals surface area contributed by atoms with Crippen LogP contribution in [0.15, 0.2) is 53.3 Å². The van der Waals surface area contributed by atoms with E-state index in [4.69, 9.17) is 11.6 Å². The van der Waals surface area contributed by atoms with Crippen LogP contribution < -0.4 is 5.69 Å². The lowest BCUT2D eigenvalue weighted by molar-refractivity contribution is -0.130. The number of halogens is 1. The minimum atomic E-state index is -0.0559. The lowest BCUT2D eigenvalue weighted by Crippen LogP contribution is -2.30. The highest BCUT2D eigenvalue weighted by Gasteiger charge is 2.15. The number of benzene rings is 2. The molecule has 0 aliphatic heterocycles. The van der Waals surface area contributed by atoms with Crippen LogP contribution in [0, 0.1) is 0 Å². The van der Waals surface area contributed by atoms with Crippen molar-refractivity contribution in [2.75, 3.05) is 7.05 Å². The van der Waals surface area contributed by atoms with E-state index in [-0.39, 0.29) is 18.0 Å². The van der Waals surface area contributed by atoms with Gasteiger partial charge in [-0.05, 0) is 30.2 Å². The van der Waals surface area contributed by atoms with Crippen LogP contribution >= 0.6 is 11.6 Å². The molecule has 27 heavy (non-hydrogen) atoms. The van der Waals surface area contributed by atoms with Gasteiger partial charge in [0.1, 0.15) is 0 Å². The topological polar surface area (TPSA) is 47.2 Å². The number of fused-ring (bicyclic) bond motifs is 1. The number of hydrogen-bond acceptors (Lipinski definition) is 2. The van der Waals surface area contributed by atoms with Gasteiger partial charge in [-0.3, -0.25) is 13.9 Å². The highest BCUT2D eigenvalue weighted by atomic mass is 35.5. The van der Waals surface area contributed by atoms with Crippen LogP contribution in [0.1, 0.15) is 25.3 Å². The van der Waals surface area contributed by atoms with E-state index in [0.717, 1.165) is 23.0 Å². The minimum absolute atomic E-state index is 0.0193. The van der Waals surface area contributed by atoms with Crippen LogP contribution in [0.2, 0.25) is 5.02 Å². The zero-order valence-electron chi connectivity index (χ0n) is 15.7. The summed E-state index contributed by atoms with van der Waals surface area (Å²) in [6.07, 6.45) is 1.15. The van der Waals surface area contributed by atoms with Gasteiger partial charge >= 0.3 is 5.69 Å². The Bertz CT molecular complexity index is 1010. The number of hydrogen-bond donors (Lipinski definition) is 0.